The van der Waals surface area contributed by atoms with Crippen LogP contribution in [0.15, 0.2) is 26.6 Å². The molecular formula is C19H30N8O2. The minimum absolute atomic E-state index is 0.0346. The van der Waals surface area contributed by atoms with E-state index >= 15 is 0 Å². The Kier molecular flexibility index (Phi) is 6.28. The van der Waals surface area contributed by atoms with Crippen LogP contribution in [0, 0.1) is 0 Å². The average Bonchev–Trinajstić information content (AvgIpc) is 3.37. The zero-order valence-electron chi connectivity index (χ0n) is 17.1. The summed E-state index contributed by atoms with van der Waals surface area (Å²) in [5, 5.41) is 11.9. The van der Waals surface area contributed by atoms with E-state index in [9.17, 15) is 4.79 Å². The molecule has 4 heterocycles. The molecule has 0 amide bonds. The standard InChI is InChI=1S/C19H30N8O2/c1-20-18(25-12-10-24(11-13-25)15-16-6-14-29-23-16)21-7-4-9-27-19(28)26-8-3-2-5-17(26)22-27/h6,14H,2-5,7-13,15H2,1H3,(H,20,21). The highest BCUT2D eigenvalue weighted by Crippen LogP contribution is 2.09. The topological polar surface area (TPSA) is 96.7 Å². The van der Waals surface area contributed by atoms with E-state index in [4.69, 9.17) is 4.52 Å². The molecule has 158 valence electrons. The van der Waals surface area contributed by atoms with Gasteiger partial charge >= 0.3 is 5.69 Å². The first-order chi connectivity index (χ1) is 14.2. The van der Waals surface area contributed by atoms with E-state index in [0.29, 0.717) is 6.54 Å². The van der Waals surface area contributed by atoms with Crippen molar-refractivity contribution in [1.82, 2.24) is 34.6 Å². The monoisotopic (exact) mass is 402 g/mol. The number of piperazine rings is 1. The third-order valence-corrected chi connectivity index (χ3v) is 5.62. The van der Waals surface area contributed by atoms with E-state index < -0.39 is 0 Å². The molecule has 4 rings (SSSR count). The third-order valence-electron chi connectivity index (χ3n) is 5.62. The van der Waals surface area contributed by atoms with E-state index in [1.54, 1.807) is 10.9 Å². The van der Waals surface area contributed by atoms with Gasteiger partial charge in [-0.1, -0.05) is 5.16 Å². The summed E-state index contributed by atoms with van der Waals surface area (Å²) < 4.78 is 8.35. The first-order valence-corrected chi connectivity index (χ1v) is 10.5. The third kappa shape index (κ3) is 4.69. The number of rotatable bonds is 6. The Morgan fingerprint density at radius 1 is 1.24 bits per heavy atom. The van der Waals surface area contributed by atoms with Gasteiger partial charge in [0.15, 0.2) is 5.96 Å². The van der Waals surface area contributed by atoms with Crippen molar-refractivity contribution < 1.29 is 4.52 Å². The zero-order valence-corrected chi connectivity index (χ0v) is 17.1. The Hall–Kier alpha value is -2.62. The number of fused-ring (bicyclic) bond motifs is 1. The van der Waals surface area contributed by atoms with E-state index in [1.807, 2.05) is 17.7 Å². The van der Waals surface area contributed by atoms with Gasteiger partial charge in [0.25, 0.3) is 0 Å². The molecule has 29 heavy (non-hydrogen) atoms. The molecule has 0 bridgehead atoms. The number of aromatic nitrogens is 4. The summed E-state index contributed by atoms with van der Waals surface area (Å²) in [4.78, 5) is 21.5. The van der Waals surface area contributed by atoms with Crippen molar-refractivity contribution in [3.8, 4) is 0 Å². The van der Waals surface area contributed by atoms with Crippen molar-refractivity contribution in [1.29, 1.82) is 0 Å². The van der Waals surface area contributed by atoms with Crippen LogP contribution in [0.3, 0.4) is 0 Å². The van der Waals surface area contributed by atoms with Gasteiger partial charge in [-0.2, -0.15) is 5.10 Å². The number of nitrogens with one attached hydrogen (secondary N) is 1. The molecule has 0 aliphatic carbocycles. The fourth-order valence-corrected chi connectivity index (χ4v) is 4.02. The molecule has 10 nitrogen and oxygen atoms in total. The Labute approximate surface area is 170 Å². The quantitative estimate of drug-likeness (QED) is 0.417. The summed E-state index contributed by atoms with van der Waals surface area (Å²) in [6.07, 6.45) is 5.56. The van der Waals surface area contributed by atoms with Gasteiger partial charge in [-0.15, -0.1) is 0 Å². The Bertz CT molecular complexity index is 861. The summed E-state index contributed by atoms with van der Waals surface area (Å²) in [6, 6.07) is 1.91. The van der Waals surface area contributed by atoms with Gasteiger partial charge in [-0.3, -0.25) is 14.5 Å². The van der Waals surface area contributed by atoms with Crippen LogP contribution in [-0.2, 0) is 26.1 Å². The van der Waals surface area contributed by atoms with E-state index in [1.165, 1.54) is 0 Å². The molecular weight excluding hydrogens is 372 g/mol. The maximum atomic E-state index is 12.4. The maximum Gasteiger partial charge on any atom is 0.345 e. The van der Waals surface area contributed by atoms with Crippen LogP contribution in [-0.4, -0.2) is 75.0 Å². The van der Waals surface area contributed by atoms with Crippen molar-refractivity contribution in [2.24, 2.45) is 4.99 Å². The summed E-state index contributed by atoms with van der Waals surface area (Å²) >= 11 is 0. The van der Waals surface area contributed by atoms with Crippen molar-refractivity contribution in [2.75, 3.05) is 39.8 Å². The highest BCUT2D eigenvalue weighted by atomic mass is 16.5. The molecule has 0 saturated carbocycles. The largest absolute Gasteiger partial charge is 0.364 e. The Morgan fingerprint density at radius 2 is 2.10 bits per heavy atom. The highest BCUT2D eigenvalue weighted by molar-refractivity contribution is 5.79. The van der Waals surface area contributed by atoms with E-state index in [-0.39, 0.29) is 5.69 Å². The highest BCUT2D eigenvalue weighted by Gasteiger charge is 2.20. The lowest BCUT2D eigenvalue weighted by Crippen LogP contribution is -2.52. The van der Waals surface area contributed by atoms with E-state index in [0.717, 1.165) is 89.0 Å². The average molecular weight is 403 g/mol. The van der Waals surface area contributed by atoms with Crippen LogP contribution < -0.4 is 11.0 Å². The van der Waals surface area contributed by atoms with E-state index in [2.05, 4.69) is 30.4 Å². The molecule has 2 aliphatic heterocycles. The fourth-order valence-electron chi connectivity index (χ4n) is 4.02. The normalized spacial score (nSPS) is 18.1. The smallest absolute Gasteiger partial charge is 0.345 e. The number of guanidine groups is 1. The molecule has 0 unspecified atom stereocenters. The van der Waals surface area contributed by atoms with Gasteiger partial charge in [-0.05, 0) is 19.3 Å². The number of aryl methyl sites for hydroxylation is 2. The molecule has 1 fully saturated rings. The van der Waals surface area contributed by atoms with Crippen LogP contribution in [0.1, 0.15) is 30.8 Å². The minimum Gasteiger partial charge on any atom is -0.364 e. The van der Waals surface area contributed by atoms with Gasteiger partial charge in [0.1, 0.15) is 12.1 Å². The molecule has 2 aromatic heterocycles. The zero-order chi connectivity index (χ0) is 20.1. The number of hydrogen-bond donors (Lipinski definition) is 1. The summed E-state index contributed by atoms with van der Waals surface area (Å²) in [7, 11) is 1.82. The molecule has 0 radical (unpaired) electrons. The molecule has 1 saturated heterocycles. The minimum atomic E-state index is 0.0346. The number of nitrogens with zero attached hydrogens (tertiary/aromatic N) is 7. The van der Waals surface area contributed by atoms with Crippen molar-refractivity contribution >= 4 is 5.96 Å². The molecule has 1 N–H and O–H groups in total. The second-order valence-corrected chi connectivity index (χ2v) is 7.61. The van der Waals surface area contributed by atoms with Gasteiger partial charge in [0, 0.05) is 71.9 Å². The summed E-state index contributed by atoms with van der Waals surface area (Å²) in [6.45, 7) is 6.79. The lowest BCUT2D eigenvalue weighted by molar-refractivity contribution is 0.169. The van der Waals surface area contributed by atoms with Crippen LogP contribution in [0.25, 0.3) is 0 Å². The van der Waals surface area contributed by atoms with Gasteiger partial charge in [-0.25, -0.2) is 9.48 Å². The molecule has 2 aliphatic rings. The lowest BCUT2D eigenvalue weighted by Gasteiger charge is -2.36. The first-order valence-electron chi connectivity index (χ1n) is 10.5. The molecule has 0 spiro atoms. The predicted molar refractivity (Wildman–Crippen MR) is 109 cm³/mol. The molecule has 2 aromatic rings. The Morgan fingerprint density at radius 3 is 2.83 bits per heavy atom. The molecule has 10 heteroatoms. The van der Waals surface area contributed by atoms with Crippen LogP contribution >= 0.6 is 0 Å². The van der Waals surface area contributed by atoms with Crippen LogP contribution in [0.2, 0.25) is 0 Å². The van der Waals surface area contributed by atoms with Gasteiger partial charge < -0.3 is 14.7 Å². The summed E-state index contributed by atoms with van der Waals surface area (Å²) in [5.41, 5.74) is 1.00. The molecule has 0 aromatic carbocycles. The number of aliphatic imine (C=N–C) groups is 1. The van der Waals surface area contributed by atoms with Gasteiger partial charge in [0.2, 0.25) is 0 Å². The first kappa shape index (κ1) is 19.7. The summed E-state index contributed by atoms with van der Waals surface area (Å²) in [5.74, 6) is 1.86. The predicted octanol–water partition coefficient (Wildman–Crippen LogP) is 0.152. The van der Waals surface area contributed by atoms with Crippen molar-refractivity contribution in [3.63, 3.8) is 0 Å². The van der Waals surface area contributed by atoms with Crippen LogP contribution in [0.5, 0.6) is 0 Å². The Balaban J connectivity index is 1.20. The van der Waals surface area contributed by atoms with Crippen molar-refractivity contribution in [2.45, 2.75) is 45.3 Å². The van der Waals surface area contributed by atoms with Crippen molar-refractivity contribution in [3.05, 3.63) is 34.3 Å². The van der Waals surface area contributed by atoms with Gasteiger partial charge in [0.05, 0.1) is 5.69 Å². The molecule has 0 atom stereocenters. The SMILES string of the molecule is CN=C(NCCCn1nc2n(c1=O)CCCC2)N1CCN(Cc2ccon2)CC1. The fraction of sp³-hybridized carbons (Fsp3) is 0.684. The second-order valence-electron chi connectivity index (χ2n) is 7.61. The number of hydrogen-bond acceptors (Lipinski definition) is 6. The maximum absolute atomic E-state index is 12.4. The second kappa shape index (κ2) is 9.25. The van der Waals surface area contributed by atoms with Crippen LogP contribution in [0.4, 0.5) is 0 Å². The lowest BCUT2D eigenvalue weighted by atomic mass is 10.2.